The molecule has 16 heavy (non-hydrogen) atoms. The van der Waals surface area contributed by atoms with Gasteiger partial charge in [-0.1, -0.05) is 6.07 Å². The van der Waals surface area contributed by atoms with Crippen molar-refractivity contribution in [2.24, 2.45) is 5.73 Å². The molecule has 4 heteroatoms. The number of nitrogens with zero attached hydrogens (tertiary/aromatic N) is 1. The average molecular weight is 222 g/mol. The molecule has 0 saturated carbocycles. The topological polar surface area (TPSA) is 57.4 Å². The third-order valence-electron chi connectivity index (χ3n) is 2.73. The van der Waals surface area contributed by atoms with Crippen LogP contribution in [0.3, 0.4) is 0 Å². The summed E-state index contributed by atoms with van der Waals surface area (Å²) >= 11 is 0. The summed E-state index contributed by atoms with van der Waals surface area (Å²) in [5.41, 5.74) is 6.75. The largest absolute Gasteiger partial charge is 0.475 e. The highest BCUT2D eigenvalue weighted by Gasteiger charge is 2.16. The molecule has 1 aliphatic rings. The van der Waals surface area contributed by atoms with E-state index in [1.54, 1.807) is 6.20 Å². The molecule has 1 aliphatic heterocycles. The van der Waals surface area contributed by atoms with Gasteiger partial charge in [0.2, 0.25) is 5.88 Å². The second-order valence-electron chi connectivity index (χ2n) is 4.16. The molecule has 1 aromatic rings. The lowest BCUT2D eigenvalue weighted by molar-refractivity contribution is 0.0663. The van der Waals surface area contributed by atoms with Gasteiger partial charge in [0.15, 0.2) is 0 Å². The fourth-order valence-corrected chi connectivity index (χ4v) is 1.70. The molecule has 4 nitrogen and oxygen atoms in total. The van der Waals surface area contributed by atoms with Crippen molar-refractivity contribution in [3.05, 3.63) is 23.9 Å². The minimum atomic E-state index is 0.0136. The van der Waals surface area contributed by atoms with Crippen molar-refractivity contribution >= 4 is 0 Å². The van der Waals surface area contributed by atoms with E-state index in [9.17, 15) is 0 Å². The lowest BCUT2D eigenvalue weighted by Gasteiger charge is -2.11. The van der Waals surface area contributed by atoms with E-state index in [1.807, 2.05) is 19.1 Å². The number of ether oxygens (including phenoxy) is 2. The van der Waals surface area contributed by atoms with Crippen LogP contribution in [0.1, 0.15) is 31.4 Å². The predicted octanol–water partition coefficient (Wildman–Crippen LogP) is 1.66. The maximum atomic E-state index is 5.74. The fraction of sp³-hybridized carbons (Fsp3) is 0.583. The third-order valence-corrected chi connectivity index (χ3v) is 2.73. The first-order valence-corrected chi connectivity index (χ1v) is 5.71. The van der Waals surface area contributed by atoms with Gasteiger partial charge in [-0.05, 0) is 25.3 Å². The molecule has 2 rings (SSSR count). The number of hydrogen-bond acceptors (Lipinski definition) is 4. The summed E-state index contributed by atoms with van der Waals surface area (Å²) in [6.45, 7) is 3.37. The minimum absolute atomic E-state index is 0.0136. The second-order valence-corrected chi connectivity index (χ2v) is 4.16. The van der Waals surface area contributed by atoms with E-state index in [0.717, 1.165) is 25.0 Å². The molecule has 0 radical (unpaired) electrons. The number of hydrogen-bond donors (Lipinski definition) is 1. The van der Waals surface area contributed by atoms with Crippen LogP contribution in [0, 0.1) is 0 Å². The van der Waals surface area contributed by atoms with Crippen LogP contribution in [0.5, 0.6) is 5.88 Å². The molecule has 0 bridgehead atoms. The molecular weight excluding hydrogens is 204 g/mol. The maximum absolute atomic E-state index is 5.74. The Morgan fingerprint density at radius 3 is 3.06 bits per heavy atom. The molecule has 2 atom stereocenters. The second kappa shape index (κ2) is 5.27. The Bertz CT molecular complexity index is 318. The smallest absolute Gasteiger partial charge is 0.213 e. The van der Waals surface area contributed by atoms with Gasteiger partial charge in [0.1, 0.15) is 6.61 Å². The van der Waals surface area contributed by atoms with Crippen LogP contribution in [-0.4, -0.2) is 24.3 Å². The SMILES string of the molecule is C[C@H](N)c1ccc(OCC2CCCO2)nc1. The first kappa shape index (κ1) is 11.4. The lowest BCUT2D eigenvalue weighted by Crippen LogP contribution is -2.16. The van der Waals surface area contributed by atoms with Gasteiger partial charge in [-0.15, -0.1) is 0 Å². The zero-order chi connectivity index (χ0) is 11.4. The van der Waals surface area contributed by atoms with Crippen LogP contribution in [-0.2, 0) is 4.74 Å². The fourth-order valence-electron chi connectivity index (χ4n) is 1.70. The molecular formula is C12H18N2O2. The molecule has 0 aromatic carbocycles. The summed E-state index contributed by atoms with van der Waals surface area (Å²) in [6, 6.07) is 3.82. The monoisotopic (exact) mass is 222 g/mol. The molecule has 88 valence electrons. The molecule has 2 heterocycles. The molecule has 1 unspecified atom stereocenters. The highest BCUT2D eigenvalue weighted by atomic mass is 16.5. The summed E-state index contributed by atoms with van der Waals surface area (Å²) < 4.78 is 11.0. The van der Waals surface area contributed by atoms with Gasteiger partial charge in [-0.25, -0.2) is 4.98 Å². The highest BCUT2D eigenvalue weighted by molar-refractivity contribution is 5.19. The normalized spacial score (nSPS) is 22.0. The molecule has 1 aromatic heterocycles. The minimum Gasteiger partial charge on any atom is -0.475 e. The van der Waals surface area contributed by atoms with Gasteiger partial charge < -0.3 is 15.2 Å². The first-order valence-electron chi connectivity index (χ1n) is 5.71. The summed E-state index contributed by atoms with van der Waals surface area (Å²) in [5.74, 6) is 0.639. The van der Waals surface area contributed by atoms with E-state index in [4.69, 9.17) is 15.2 Å². The van der Waals surface area contributed by atoms with Crippen molar-refractivity contribution in [2.75, 3.05) is 13.2 Å². The van der Waals surface area contributed by atoms with Gasteiger partial charge in [-0.3, -0.25) is 0 Å². The zero-order valence-electron chi connectivity index (χ0n) is 9.56. The number of rotatable bonds is 4. The van der Waals surface area contributed by atoms with E-state index >= 15 is 0 Å². The molecule has 0 aliphatic carbocycles. The Balaban J connectivity index is 1.84. The molecule has 1 fully saturated rings. The van der Waals surface area contributed by atoms with Crippen LogP contribution in [0.15, 0.2) is 18.3 Å². The van der Waals surface area contributed by atoms with E-state index < -0.39 is 0 Å². The average Bonchev–Trinajstić information content (AvgIpc) is 2.80. The van der Waals surface area contributed by atoms with Crippen LogP contribution in [0.2, 0.25) is 0 Å². The quantitative estimate of drug-likeness (QED) is 0.841. The third kappa shape index (κ3) is 2.93. The van der Waals surface area contributed by atoms with Crippen molar-refractivity contribution < 1.29 is 9.47 Å². The molecule has 0 spiro atoms. The summed E-state index contributed by atoms with van der Waals surface area (Å²) in [7, 11) is 0. The van der Waals surface area contributed by atoms with Gasteiger partial charge >= 0.3 is 0 Å². The molecule has 0 amide bonds. The summed E-state index contributed by atoms with van der Waals surface area (Å²) in [6.07, 6.45) is 4.20. The Morgan fingerprint density at radius 2 is 2.50 bits per heavy atom. The summed E-state index contributed by atoms with van der Waals surface area (Å²) in [5, 5.41) is 0. The number of aromatic nitrogens is 1. The number of pyridine rings is 1. The van der Waals surface area contributed by atoms with Crippen molar-refractivity contribution in [1.29, 1.82) is 0 Å². The lowest BCUT2D eigenvalue weighted by atomic mass is 10.2. The van der Waals surface area contributed by atoms with Crippen molar-refractivity contribution in [2.45, 2.75) is 31.9 Å². The van der Waals surface area contributed by atoms with Crippen molar-refractivity contribution in [1.82, 2.24) is 4.98 Å². The summed E-state index contributed by atoms with van der Waals surface area (Å²) in [4.78, 5) is 4.20. The Labute approximate surface area is 95.8 Å². The van der Waals surface area contributed by atoms with E-state index in [0.29, 0.717) is 12.5 Å². The first-order chi connectivity index (χ1) is 7.75. The van der Waals surface area contributed by atoms with Crippen LogP contribution in [0.4, 0.5) is 0 Å². The highest BCUT2D eigenvalue weighted by Crippen LogP contribution is 2.15. The number of nitrogens with two attached hydrogens (primary N) is 1. The van der Waals surface area contributed by atoms with Crippen molar-refractivity contribution in [3.63, 3.8) is 0 Å². The van der Waals surface area contributed by atoms with E-state index in [-0.39, 0.29) is 12.1 Å². The standard InChI is InChI=1S/C12H18N2O2/c1-9(13)10-4-5-12(14-7-10)16-8-11-3-2-6-15-11/h4-5,7,9,11H,2-3,6,8,13H2,1H3/t9-,11?/m0/s1. The molecule has 2 N–H and O–H groups in total. The predicted molar refractivity (Wildman–Crippen MR) is 61.3 cm³/mol. The maximum Gasteiger partial charge on any atom is 0.213 e. The zero-order valence-corrected chi connectivity index (χ0v) is 9.56. The Kier molecular flexibility index (Phi) is 3.74. The van der Waals surface area contributed by atoms with E-state index in [1.165, 1.54) is 0 Å². The van der Waals surface area contributed by atoms with Gasteiger partial charge in [0, 0.05) is 24.9 Å². The van der Waals surface area contributed by atoms with Crippen molar-refractivity contribution in [3.8, 4) is 5.88 Å². The van der Waals surface area contributed by atoms with Crippen LogP contribution < -0.4 is 10.5 Å². The molecule has 1 saturated heterocycles. The van der Waals surface area contributed by atoms with Crippen LogP contribution >= 0.6 is 0 Å². The van der Waals surface area contributed by atoms with Gasteiger partial charge in [0.05, 0.1) is 6.10 Å². The Morgan fingerprint density at radius 1 is 1.62 bits per heavy atom. The van der Waals surface area contributed by atoms with Gasteiger partial charge in [-0.2, -0.15) is 0 Å². The van der Waals surface area contributed by atoms with E-state index in [2.05, 4.69) is 4.98 Å². The van der Waals surface area contributed by atoms with Crippen LogP contribution in [0.25, 0.3) is 0 Å². The van der Waals surface area contributed by atoms with Gasteiger partial charge in [0.25, 0.3) is 0 Å². The Hall–Kier alpha value is -1.13.